The van der Waals surface area contributed by atoms with E-state index < -0.39 is 24.5 Å². The Hall–Kier alpha value is -4.58. The minimum Gasteiger partial charge on any atom is -0.454 e. The monoisotopic (exact) mass is 626 g/mol. The molecule has 0 saturated heterocycles. The van der Waals surface area contributed by atoms with Gasteiger partial charge in [0.25, 0.3) is 0 Å². The number of ether oxygens (including phenoxy) is 4. The number of hydrogen-bond donors (Lipinski definition) is 0. The summed E-state index contributed by atoms with van der Waals surface area (Å²) in [4.78, 5) is 23.7. The zero-order valence-corrected chi connectivity index (χ0v) is 28.3. The summed E-state index contributed by atoms with van der Waals surface area (Å²) in [5, 5.41) is 0. The number of hydrogen-bond acceptors (Lipinski definition) is 6. The maximum absolute atomic E-state index is 11.8. The summed E-state index contributed by atoms with van der Waals surface area (Å²) in [7, 11) is 0. The van der Waals surface area contributed by atoms with Gasteiger partial charge in [-0.1, -0.05) is 89.4 Å². The molecule has 6 atom stereocenters. The van der Waals surface area contributed by atoms with Gasteiger partial charge < -0.3 is 18.9 Å². The van der Waals surface area contributed by atoms with E-state index in [0.29, 0.717) is 11.5 Å². The Morgan fingerprint density at radius 3 is 1.02 bits per heavy atom. The van der Waals surface area contributed by atoms with Crippen LogP contribution >= 0.6 is 0 Å². The number of benzene rings is 2. The number of allylic oxidation sites excluding steroid dienone is 4. The van der Waals surface area contributed by atoms with Crippen molar-refractivity contribution in [3.05, 3.63) is 134 Å². The molecule has 0 aliphatic carbocycles. The van der Waals surface area contributed by atoms with Gasteiger partial charge in [0.1, 0.15) is 11.5 Å². The van der Waals surface area contributed by atoms with Gasteiger partial charge in [-0.3, -0.25) is 0 Å². The molecule has 0 aromatic heterocycles. The highest BCUT2D eigenvalue weighted by Crippen LogP contribution is 2.40. The second kappa shape index (κ2) is 17.8. The fourth-order valence-electron chi connectivity index (χ4n) is 4.99. The molecule has 6 unspecified atom stereocenters. The fourth-order valence-corrected chi connectivity index (χ4v) is 4.99. The second-order valence-electron chi connectivity index (χ2n) is 11.5. The van der Waals surface area contributed by atoms with E-state index in [1.54, 1.807) is 13.8 Å². The highest BCUT2D eigenvalue weighted by atomic mass is 16.7. The molecule has 0 bridgehead atoms. The lowest BCUT2D eigenvalue weighted by molar-refractivity contribution is -0.156. The molecule has 6 nitrogen and oxygen atoms in total. The highest BCUT2D eigenvalue weighted by Gasteiger charge is 2.24. The summed E-state index contributed by atoms with van der Waals surface area (Å²) >= 11 is 0. The van der Waals surface area contributed by atoms with Crippen LogP contribution in [0.15, 0.2) is 100 Å². The molecule has 0 N–H and O–H groups in total. The Labute approximate surface area is 275 Å². The summed E-state index contributed by atoms with van der Waals surface area (Å²) in [5.74, 6) is 0.0982. The van der Waals surface area contributed by atoms with Crippen molar-refractivity contribution in [1.82, 2.24) is 0 Å². The smallest absolute Gasteiger partial charge is 0.333 e. The van der Waals surface area contributed by atoms with Crippen molar-refractivity contribution < 1.29 is 28.5 Å². The van der Waals surface area contributed by atoms with Gasteiger partial charge >= 0.3 is 11.9 Å². The van der Waals surface area contributed by atoms with Crippen LogP contribution in [0.4, 0.5) is 0 Å². The third-order valence-corrected chi connectivity index (χ3v) is 7.96. The van der Waals surface area contributed by atoms with E-state index >= 15 is 0 Å². The molecule has 0 radical (unpaired) electrons. The van der Waals surface area contributed by atoms with Crippen molar-refractivity contribution in [3.8, 4) is 11.5 Å². The number of aryl methyl sites for hydroxylation is 2. The standard InChI is InChI=1S/C40H50O6/c1-13-25(7)33-21-31(22-34(26(8)14-2)39(33)45-29(11)43-37(41)17-5)19-20-32-23-35(27(9)15-3)40(36(24-32)28(10)16-4)46-30(12)44-38(42)18-6/h13-18,21-30H,1-6,19-20H2,7-12H3. The predicted molar refractivity (Wildman–Crippen MR) is 187 cm³/mol. The molecule has 0 heterocycles. The highest BCUT2D eigenvalue weighted by molar-refractivity contribution is 5.81. The first-order chi connectivity index (χ1) is 21.8. The lowest BCUT2D eigenvalue weighted by atomic mass is 9.87. The second-order valence-corrected chi connectivity index (χ2v) is 11.5. The molecule has 0 amide bonds. The van der Waals surface area contributed by atoms with Crippen LogP contribution in [0.1, 0.15) is 98.6 Å². The Bertz CT molecular complexity index is 1270. The molecule has 2 aromatic rings. The number of esters is 2. The average Bonchev–Trinajstić information content (AvgIpc) is 3.05. The number of carbonyl (C=O) groups excluding carboxylic acids is 2. The Balaban J connectivity index is 2.62. The van der Waals surface area contributed by atoms with Crippen LogP contribution in [-0.4, -0.2) is 24.5 Å². The van der Waals surface area contributed by atoms with Gasteiger partial charge in [0.05, 0.1) is 0 Å². The fraction of sp³-hybridized carbons (Fsp3) is 0.350. The molecule has 6 heteroatoms. The first-order valence-corrected chi connectivity index (χ1v) is 15.7. The molecule has 0 spiro atoms. The first-order valence-electron chi connectivity index (χ1n) is 15.7. The molecule has 2 aromatic carbocycles. The van der Waals surface area contributed by atoms with Gasteiger partial charge in [-0.15, -0.1) is 26.3 Å². The predicted octanol–water partition coefficient (Wildman–Crippen LogP) is 9.54. The molecule has 0 aliphatic heterocycles. The van der Waals surface area contributed by atoms with Crippen LogP contribution in [0.3, 0.4) is 0 Å². The van der Waals surface area contributed by atoms with E-state index in [0.717, 1.165) is 58.4 Å². The van der Waals surface area contributed by atoms with Crippen molar-refractivity contribution in [3.63, 3.8) is 0 Å². The zero-order chi connectivity index (χ0) is 34.6. The normalized spacial score (nSPS) is 14.7. The summed E-state index contributed by atoms with van der Waals surface area (Å²) in [6.45, 7) is 34.6. The molecular formula is C40H50O6. The van der Waals surface area contributed by atoms with Gasteiger partial charge in [-0.25, -0.2) is 9.59 Å². The minimum atomic E-state index is -0.817. The quantitative estimate of drug-likeness (QED) is 0.0669. The van der Waals surface area contributed by atoms with E-state index in [4.69, 9.17) is 18.9 Å². The van der Waals surface area contributed by atoms with Gasteiger partial charge in [-0.05, 0) is 24.0 Å². The molecule has 46 heavy (non-hydrogen) atoms. The van der Waals surface area contributed by atoms with Crippen LogP contribution in [0, 0.1) is 0 Å². The minimum absolute atomic E-state index is 0.0262. The summed E-state index contributed by atoms with van der Waals surface area (Å²) in [6.07, 6.45) is 9.55. The van der Waals surface area contributed by atoms with Crippen molar-refractivity contribution in [2.24, 2.45) is 0 Å². The van der Waals surface area contributed by atoms with Crippen molar-refractivity contribution >= 4 is 11.9 Å². The van der Waals surface area contributed by atoms with Crippen LogP contribution in [0.25, 0.3) is 0 Å². The van der Waals surface area contributed by atoms with Gasteiger partial charge in [0, 0.05) is 71.9 Å². The lowest BCUT2D eigenvalue weighted by Crippen LogP contribution is -2.21. The maximum Gasteiger partial charge on any atom is 0.333 e. The van der Waals surface area contributed by atoms with Crippen LogP contribution in [-0.2, 0) is 31.9 Å². The van der Waals surface area contributed by atoms with Crippen molar-refractivity contribution in [1.29, 1.82) is 0 Å². The summed E-state index contributed by atoms with van der Waals surface area (Å²) in [5.41, 5.74) is 6.05. The van der Waals surface area contributed by atoms with Crippen molar-refractivity contribution in [2.75, 3.05) is 0 Å². The SMILES string of the molecule is C=CC(=O)OC(C)Oc1c(C(C)C=C)cc(CCc2cc(C(C)C=C)c(OC(C)OC(=O)C=C)c(C(C)C=C)c2)cc1C(C)C=C. The number of rotatable bonds is 19. The van der Waals surface area contributed by atoms with E-state index in [2.05, 4.69) is 91.4 Å². The van der Waals surface area contributed by atoms with Crippen LogP contribution < -0.4 is 9.47 Å². The Morgan fingerprint density at radius 2 is 0.804 bits per heavy atom. The van der Waals surface area contributed by atoms with E-state index in [-0.39, 0.29) is 23.7 Å². The zero-order valence-electron chi connectivity index (χ0n) is 28.3. The maximum atomic E-state index is 11.8. The van der Waals surface area contributed by atoms with E-state index in [1.807, 2.05) is 24.3 Å². The van der Waals surface area contributed by atoms with Crippen LogP contribution in [0.5, 0.6) is 11.5 Å². The summed E-state index contributed by atoms with van der Waals surface area (Å²) < 4.78 is 23.1. The number of carbonyl (C=O) groups is 2. The van der Waals surface area contributed by atoms with Gasteiger partial charge in [0.2, 0.25) is 12.6 Å². The van der Waals surface area contributed by atoms with Gasteiger partial charge in [0.15, 0.2) is 0 Å². The molecule has 2 rings (SSSR count). The Morgan fingerprint density at radius 1 is 0.543 bits per heavy atom. The molecule has 0 aliphatic rings. The molecule has 0 fully saturated rings. The van der Waals surface area contributed by atoms with Crippen LogP contribution in [0.2, 0.25) is 0 Å². The first kappa shape index (κ1) is 37.6. The average molecular weight is 627 g/mol. The molecule has 246 valence electrons. The largest absolute Gasteiger partial charge is 0.454 e. The topological polar surface area (TPSA) is 71.1 Å². The molecular weight excluding hydrogens is 576 g/mol. The third-order valence-electron chi connectivity index (χ3n) is 7.96. The molecule has 0 saturated carbocycles. The summed E-state index contributed by atoms with van der Waals surface area (Å²) in [6, 6.07) is 8.54. The van der Waals surface area contributed by atoms with E-state index in [1.165, 1.54) is 0 Å². The third kappa shape index (κ3) is 9.96. The van der Waals surface area contributed by atoms with Gasteiger partial charge in [-0.2, -0.15) is 0 Å². The lowest BCUT2D eigenvalue weighted by Gasteiger charge is -2.25. The Kier molecular flexibility index (Phi) is 14.5. The van der Waals surface area contributed by atoms with E-state index in [9.17, 15) is 9.59 Å². The van der Waals surface area contributed by atoms with Crippen molar-refractivity contribution in [2.45, 2.75) is 90.6 Å².